The van der Waals surface area contributed by atoms with Crippen molar-refractivity contribution in [3.8, 4) is 0 Å². The molecule has 1 radical (unpaired) electrons. The second kappa shape index (κ2) is 18.4. The fourth-order valence-electron chi connectivity index (χ4n) is 11.8. The van der Waals surface area contributed by atoms with E-state index >= 15 is 0 Å². The van der Waals surface area contributed by atoms with E-state index in [0.717, 1.165) is 0 Å². The van der Waals surface area contributed by atoms with E-state index in [4.69, 9.17) is 54.7 Å². The van der Waals surface area contributed by atoms with E-state index in [9.17, 15) is 38.7 Å². The first kappa shape index (κ1) is 51.5. The number of carbonyl (C=O) groups excluding carboxylic acids is 6. The van der Waals surface area contributed by atoms with Crippen LogP contribution in [0.5, 0.6) is 0 Å². The number of carboxylic acids is 1. The van der Waals surface area contributed by atoms with Crippen LogP contribution in [0, 0.1) is 45.3 Å². The van der Waals surface area contributed by atoms with E-state index < -0.39 is 98.3 Å². The van der Waals surface area contributed by atoms with Crippen molar-refractivity contribution < 1.29 is 55.4 Å². The number of allylic oxidation sites excluding steroid dienone is 6. The van der Waals surface area contributed by atoms with Crippen LogP contribution in [-0.4, -0.2) is 75.2 Å². The molecular weight excluding hydrogens is 867 g/mol. The number of primary amides is 6. The van der Waals surface area contributed by atoms with Gasteiger partial charge in [0.25, 0.3) is 0 Å². The number of carboxylic acid groups (broad SMARTS) is 1. The molecule has 1 fully saturated rings. The predicted molar refractivity (Wildman–Crippen MR) is 237 cm³/mol. The molecule has 5 rings (SSSR count). The van der Waals surface area contributed by atoms with Crippen LogP contribution >= 0.6 is 0 Å². The monoisotopic (exact) mass is 932 g/mol. The van der Waals surface area contributed by atoms with Crippen molar-refractivity contribution in [2.24, 2.45) is 94.7 Å². The Morgan fingerprint density at radius 2 is 1.19 bits per heavy atom. The Morgan fingerprint density at radius 3 is 1.69 bits per heavy atom. The van der Waals surface area contributed by atoms with Crippen LogP contribution in [0.2, 0.25) is 0 Å². The molecule has 6 amide bonds. The molecule has 1 saturated heterocycles. The first-order valence-corrected chi connectivity index (χ1v) is 21.6. The molecule has 0 aromatic rings. The minimum absolute atomic E-state index is 0. The molecule has 0 aromatic heterocycles. The van der Waals surface area contributed by atoms with Gasteiger partial charge in [0.15, 0.2) is 0 Å². The maximum absolute atomic E-state index is 13.4. The normalized spacial score (nSPS) is 35.6. The predicted octanol–water partition coefficient (Wildman–Crippen LogP) is 3.11. The number of hydrogen-bond acceptors (Lipinski definition) is 10. The number of fused-ring (bicyclic) bond motifs is 6. The minimum Gasteiger partial charge on any atom is -0.682 e. The summed E-state index contributed by atoms with van der Waals surface area (Å²) in [5, 5.41) is 15.6. The fourth-order valence-corrected chi connectivity index (χ4v) is 11.8. The van der Waals surface area contributed by atoms with E-state index in [1.54, 1.807) is 6.92 Å². The molecule has 5 heterocycles. The number of nitrogens with two attached hydrogens (primary N) is 6. The maximum Gasteiger partial charge on any atom is 2.00 e. The van der Waals surface area contributed by atoms with Crippen LogP contribution in [0.1, 0.15) is 126 Å². The van der Waals surface area contributed by atoms with Gasteiger partial charge in [-0.3, -0.25) is 48.5 Å². The maximum atomic E-state index is 13.4. The summed E-state index contributed by atoms with van der Waals surface area (Å²) in [4.78, 5) is 106. The van der Waals surface area contributed by atoms with Gasteiger partial charge in [-0.15, -0.1) is 0 Å². The molecular formula is C45H65CoN10O8+. The molecule has 0 saturated carbocycles. The smallest absolute Gasteiger partial charge is 0.682 e. The van der Waals surface area contributed by atoms with Crippen molar-refractivity contribution in [1.29, 1.82) is 0 Å². The standard InChI is InChI=1S/C45H66N10O8.Co/c1-21-36-24(10-13-30(47)57)41(3,4)28(53-36)18-27-23(9-12-29(46)56)43(6,19-33(50)60)39(52-27)22(2)37-25(11-14-31(48)58)44(7,20-34(51)61)45(8,55-37)40-26(17-32(49)59)42(5,38(21)54-40)16-15-35(62)63;/h18,23-26,40H,9-17,19-20H2,1-8H3,(H14,46,47,48,49,50,51,52,53,54,55,56,57,58,59,60,61,62,63);/q;+2/p-1/t23-,24-,25-,26+,40-,42-,43+,44+,45+;/m1./s1. The van der Waals surface area contributed by atoms with E-state index in [1.807, 2.05) is 54.5 Å². The minimum atomic E-state index is -1.41. The van der Waals surface area contributed by atoms with Crippen LogP contribution in [0.3, 0.4) is 0 Å². The van der Waals surface area contributed by atoms with Gasteiger partial charge in [0.2, 0.25) is 35.4 Å². The van der Waals surface area contributed by atoms with Gasteiger partial charge >= 0.3 is 22.7 Å². The van der Waals surface area contributed by atoms with Crippen LogP contribution in [-0.2, 0) is 50.3 Å². The van der Waals surface area contributed by atoms with Crippen molar-refractivity contribution in [3.63, 3.8) is 0 Å². The number of hydrogen-bond donors (Lipinski definition) is 7. The SMILES string of the molecule is C/C1=C2/[N-][C@H]([C@H](CC(N)=O)[C@@]2(C)CCC(=O)O)[C@]2(C)N=C(/C(C)=C3N=C(/C=C4N=C1[C@@H](CCC(N)=O)C\4(C)C)[C@@H](CCC(N)=O)[C@]\3(C)CC(N)=O)[C@@H](CCC(N)=O)[C@]2(C)CC(N)=O.[Co+2]. The number of amides is 6. The van der Waals surface area contributed by atoms with E-state index in [0.29, 0.717) is 45.4 Å². The van der Waals surface area contributed by atoms with Crippen molar-refractivity contribution in [2.45, 2.75) is 138 Å². The summed E-state index contributed by atoms with van der Waals surface area (Å²) in [7, 11) is 0. The molecule has 0 unspecified atom stereocenters. The third kappa shape index (κ3) is 9.06. The molecule has 351 valence electrons. The van der Waals surface area contributed by atoms with Gasteiger partial charge in [-0.2, -0.15) is 5.70 Å². The zero-order chi connectivity index (χ0) is 47.4. The van der Waals surface area contributed by atoms with E-state index in [-0.39, 0.29) is 87.4 Å². The molecule has 64 heavy (non-hydrogen) atoms. The van der Waals surface area contributed by atoms with Gasteiger partial charge < -0.3 is 44.8 Å². The zero-order valence-electron chi connectivity index (χ0n) is 38.1. The largest absolute Gasteiger partial charge is 2.00 e. The molecule has 8 bridgehead atoms. The van der Waals surface area contributed by atoms with Gasteiger partial charge in [0.1, 0.15) is 0 Å². The van der Waals surface area contributed by atoms with Gasteiger partial charge in [-0.1, -0.05) is 40.7 Å². The van der Waals surface area contributed by atoms with Crippen LogP contribution in [0.4, 0.5) is 0 Å². The second-order valence-electron chi connectivity index (χ2n) is 19.8. The third-order valence-electron chi connectivity index (χ3n) is 15.4. The Morgan fingerprint density at radius 1 is 0.656 bits per heavy atom. The van der Waals surface area contributed by atoms with E-state index in [2.05, 4.69) is 0 Å². The number of carbonyl (C=O) groups is 7. The van der Waals surface area contributed by atoms with Crippen LogP contribution < -0.4 is 34.4 Å². The van der Waals surface area contributed by atoms with Gasteiger partial charge in [-0.25, -0.2) is 0 Å². The summed E-state index contributed by atoms with van der Waals surface area (Å²) in [6.07, 6.45) is 1.37. The number of aliphatic imine (C=N–C) groups is 3. The Kier molecular flexibility index (Phi) is 14.8. The van der Waals surface area contributed by atoms with Crippen molar-refractivity contribution in [3.05, 3.63) is 39.6 Å². The molecule has 9 atom stereocenters. The number of nitrogens with zero attached hydrogens (tertiary/aromatic N) is 4. The number of rotatable bonds is 18. The Labute approximate surface area is 384 Å². The van der Waals surface area contributed by atoms with Crippen LogP contribution in [0.15, 0.2) is 49.3 Å². The fraction of sp³-hybridized carbons (Fsp3) is 0.644. The van der Waals surface area contributed by atoms with Gasteiger partial charge in [0, 0.05) is 102 Å². The molecule has 5 aliphatic heterocycles. The van der Waals surface area contributed by atoms with Crippen molar-refractivity contribution in [2.75, 3.05) is 0 Å². The van der Waals surface area contributed by atoms with Crippen molar-refractivity contribution in [1.82, 2.24) is 0 Å². The quantitative estimate of drug-likeness (QED) is 0.107. The third-order valence-corrected chi connectivity index (χ3v) is 15.4. The molecule has 13 N–H and O–H groups in total. The van der Waals surface area contributed by atoms with Crippen LogP contribution in [0.25, 0.3) is 5.32 Å². The Balaban J connectivity index is 0.00000898. The summed E-state index contributed by atoms with van der Waals surface area (Å²) in [5.41, 5.74) is 33.9. The van der Waals surface area contributed by atoms with Gasteiger partial charge in [-0.05, 0) is 75.0 Å². The van der Waals surface area contributed by atoms with E-state index in [1.165, 1.54) is 0 Å². The molecule has 0 aromatic carbocycles. The average molecular weight is 933 g/mol. The summed E-state index contributed by atoms with van der Waals surface area (Å²) in [6.45, 7) is 15.0. The first-order chi connectivity index (χ1) is 29.0. The number of aliphatic carboxylic acids is 1. The van der Waals surface area contributed by atoms with Crippen molar-refractivity contribution >= 4 is 58.5 Å². The molecule has 5 aliphatic rings. The Bertz CT molecular complexity index is 2230. The Hall–Kier alpha value is -5.17. The molecule has 0 aliphatic carbocycles. The zero-order valence-corrected chi connectivity index (χ0v) is 39.2. The van der Waals surface area contributed by atoms with Gasteiger partial charge in [0.05, 0.1) is 11.2 Å². The topological polar surface area (TPSA) is 347 Å². The molecule has 0 spiro atoms. The molecule has 18 nitrogen and oxygen atoms in total. The summed E-state index contributed by atoms with van der Waals surface area (Å²) in [5.74, 6) is -7.22. The summed E-state index contributed by atoms with van der Waals surface area (Å²) in [6, 6.07) is -0.938. The average Bonchev–Trinajstić information content (AvgIpc) is 3.75. The second-order valence-corrected chi connectivity index (χ2v) is 19.8. The first-order valence-electron chi connectivity index (χ1n) is 21.6. The summed E-state index contributed by atoms with van der Waals surface area (Å²) < 4.78 is 0. The molecule has 19 heteroatoms. The summed E-state index contributed by atoms with van der Waals surface area (Å²) >= 11 is 0.